The van der Waals surface area contributed by atoms with Crippen molar-refractivity contribution in [3.8, 4) is 17.3 Å². The molecule has 6 rings (SSSR count). The molecule has 1 N–H and O–H groups in total. The van der Waals surface area contributed by atoms with Crippen LogP contribution >= 0.6 is 11.3 Å². The maximum Gasteiger partial charge on any atom is 0.133 e. The van der Waals surface area contributed by atoms with Crippen LogP contribution in [0.3, 0.4) is 0 Å². The minimum absolute atomic E-state index is 0.0115. The third kappa shape index (κ3) is 3.86. The van der Waals surface area contributed by atoms with E-state index in [2.05, 4.69) is 43.5 Å². The fraction of sp³-hybridized carbons (Fsp3) is 0.594. The molecule has 0 bridgehead atoms. The van der Waals surface area contributed by atoms with E-state index >= 15 is 0 Å². The van der Waals surface area contributed by atoms with Crippen LogP contribution in [0.5, 0.6) is 0 Å². The number of nitrogens with zero attached hydrogens (tertiary/aromatic N) is 2. The molecule has 9 atom stereocenters. The molecular formula is C32H38N2O2S. The van der Waals surface area contributed by atoms with Crippen molar-refractivity contribution < 1.29 is 9.90 Å². The van der Waals surface area contributed by atoms with Crippen LogP contribution in [0.2, 0.25) is 0 Å². The van der Waals surface area contributed by atoms with Gasteiger partial charge in [0.05, 0.1) is 17.9 Å². The van der Waals surface area contributed by atoms with Crippen molar-refractivity contribution in [1.29, 1.82) is 5.26 Å². The molecule has 0 amide bonds. The van der Waals surface area contributed by atoms with E-state index in [4.69, 9.17) is 4.98 Å². The molecule has 0 saturated heterocycles. The fourth-order valence-corrected chi connectivity index (χ4v) is 10.3. The third-order valence-electron chi connectivity index (χ3n) is 11.0. The van der Waals surface area contributed by atoms with Crippen molar-refractivity contribution in [3.05, 3.63) is 52.4 Å². The second-order valence-corrected chi connectivity index (χ2v) is 13.6. The minimum Gasteiger partial charge on any atom is -0.393 e. The van der Waals surface area contributed by atoms with Crippen molar-refractivity contribution >= 4 is 17.1 Å². The lowest BCUT2D eigenvalue weighted by Crippen LogP contribution is -2.51. The summed E-state index contributed by atoms with van der Waals surface area (Å²) in [6.45, 7) is 6.56. The number of nitriles is 1. The number of aromatic nitrogens is 1. The lowest BCUT2D eigenvalue weighted by Gasteiger charge is -2.57. The van der Waals surface area contributed by atoms with Gasteiger partial charge in [0, 0.05) is 16.9 Å². The Kier molecular flexibility index (Phi) is 6.20. The van der Waals surface area contributed by atoms with Gasteiger partial charge in [-0.3, -0.25) is 4.79 Å². The second kappa shape index (κ2) is 9.17. The number of hydrogen-bond donors (Lipinski definition) is 1. The van der Waals surface area contributed by atoms with Crippen molar-refractivity contribution in [2.45, 2.75) is 77.7 Å². The lowest BCUT2D eigenvalue weighted by molar-refractivity contribution is -0.129. The Balaban J connectivity index is 1.34. The summed E-state index contributed by atoms with van der Waals surface area (Å²) in [7, 11) is 0. The molecule has 1 aromatic heterocycles. The molecule has 3 saturated carbocycles. The highest BCUT2D eigenvalue weighted by atomic mass is 32.1. The lowest BCUT2D eigenvalue weighted by atomic mass is 9.47. The molecule has 5 heteroatoms. The van der Waals surface area contributed by atoms with Gasteiger partial charge in [-0.15, -0.1) is 11.3 Å². The maximum absolute atomic E-state index is 13.3. The Labute approximate surface area is 224 Å². The molecule has 0 unspecified atom stereocenters. The van der Waals surface area contributed by atoms with Gasteiger partial charge in [0.1, 0.15) is 16.7 Å². The topological polar surface area (TPSA) is 74.0 Å². The van der Waals surface area contributed by atoms with Crippen LogP contribution in [0.1, 0.15) is 76.6 Å². The standard InChI is InChI=1S/C32H38N2O2S/c1-19(35)29-24(25(17-33)30-34-28(18-37-30)20-7-5-4-6-8-20)16-27-23-10-9-21-15-22(36)11-13-31(21,2)26(23)12-14-32(27,29)3/h4-9,18,22-27,29,36H,10-16H2,1-3H3/t22-,23+,24+,25+,26+,27+,29+,31-,32-/m0/s1. The third-order valence-corrected chi connectivity index (χ3v) is 12.0. The number of benzene rings is 1. The normalized spacial score (nSPS) is 39.5. The van der Waals surface area contributed by atoms with Crippen LogP contribution in [-0.4, -0.2) is 22.0 Å². The zero-order valence-corrected chi connectivity index (χ0v) is 23.0. The molecule has 2 aromatic rings. The molecule has 4 aliphatic carbocycles. The Morgan fingerprint density at radius 1 is 1.19 bits per heavy atom. The first-order valence-electron chi connectivity index (χ1n) is 14.0. The summed E-state index contributed by atoms with van der Waals surface area (Å²) in [6, 6.07) is 12.8. The van der Waals surface area contributed by atoms with E-state index in [0.29, 0.717) is 17.8 Å². The average Bonchev–Trinajstić information content (AvgIpc) is 3.48. The van der Waals surface area contributed by atoms with Crippen LogP contribution < -0.4 is 0 Å². The van der Waals surface area contributed by atoms with Crippen LogP contribution in [-0.2, 0) is 4.79 Å². The Hall–Kier alpha value is -2.29. The van der Waals surface area contributed by atoms with Gasteiger partial charge in [-0.2, -0.15) is 5.26 Å². The van der Waals surface area contributed by atoms with Crippen molar-refractivity contribution in [1.82, 2.24) is 4.98 Å². The van der Waals surface area contributed by atoms with Crippen LogP contribution in [0.25, 0.3) is 11.3 Å². The van der Waals surface area contributed by atoms with Gasteiger partial charge >= 0.3 is 0 Å². The second-order valence-electron chi connectivity index (χ2n) is 12.7. The summed E-state index contributed by atoms with van der Waals surface area (Å²) >= 11 is 1.57. The molecule has 3 fully saturated rings. The highest BCUT2D eigenvalue weighted by molar-refractivity contribution is 7.10. The first kappa shape index (κ1) is 25.0. The number of hydrogen-bond acceptors (Lipinski definition) is 5. The van der Waals surface area contributed by atoms with Gasteiger partial charge in [0.15, 0.2) is 0 Å². The average molecular weight is 515 g/mol. The molecule has 194 valence electrons. The largest absolute Gasteiger partial charge is 0.393 e. The van der Waals surface area contributed by atoms with Crippen LogP contribution in [0, 0.1) is 51.8 Å². The van der Waals surface area contributed by atoms with Gasteiger partial charge < -0.3 is 5.11 Å². The van der Waals surface area contributed by atoms with Crippen LogP contribution in [0.15, 0.2) is 47.4 Å². The monoisotopic (exact) mass is 514 g/mol. The smallest absolute Gasteiger partial charge is 0.133 e. The molecule has 0 radical (unpaired) electrons. The van der Waals surface area contributed by atoms with Crippen molar-refractivity contribution in [3.63, 3.8) is 0 Å². The number of allylic oxidation sites excluding steroid dienone is 1. The summed E-state index contributed by atoms with van der Waals surface area (Å²) < 4.78 is 0. The van der Waals surface area contributed by atoms with Gasteiger partial charge in [-0.25, -0.2) is 4.98 Å². The van der Waals surface area contributed by atoms with E-state index in [1.54, 1.807) is 18.3 Å². The number of Topliss-reactive ketones (excluding diaryl/α,β-unsaturated/α-hetero) is 1. The maximum atomic E-state index is 13.3. The molecule has 0 spiro atoms. The predicted molar refractivity (Wildman–Crippen MR) is 147 cm³/mol. The van der Waals surface area contributed by atoms with Crippen molar-refractivity contribution in [2.24, 2.45) is 40.4 Å². The Bertz CT molecular complexity index is 1260. The number of carbonyl (C=O) groups is 1. The summed E-state index contributed by atoms with van der Waals surface area (Å²) in [5.74, 6) is 1.39. The number of ketones is 1. The number of thiazole rings is 1. The van der Waals surface area contributed by atoms with E-state index in [-0.39, 0.29) is 40.5 Å². The molecule has 4 nitrogen and oxygen atoms in total. The van der Waals surface area contributed by atoms with E-state index in [1.165, 1.54) is 5.57 Å². The van der Waals surface area contributed by atoms with E-state index < -0.39 is 0 Å². The Morgan fingerprint density at radius 2 is 1.97 bits per heavy atom. The number of aliphatic hydroxyl groups excluding tert-OH is 1. The number of aliphatic hydroxyl groups is 1. The first-order valence-corrected chi connectivity index (χ1v) is 14.9. The summed E-state index contributed by atoms with van der Waals surface area (Å²) in [5.41, 5.74) is 3.55. The first-order chi connectivity index (χ1) is 17.8. The Morgan fingerprint density at radius 3 is 2.70 bits per heavy atom. The minimum atomic E-state index is -0.354. The molecular weight excluding hydrogens is 476 g/mol. The quantitative estimate of drug-likeness (QED) is 0.439. The van der Waals surface area contributed by atoms with Gasteiger partial charge in [-0.1, -0.05) is 55.8 Å². The highest BCUT2D eigenvalue weighted by Crippen LogP contribution is 2.68. The molecule has 4 aliphatic rings. The van der Waals surface area contributed by atoms with Crippen molar-refractivity contribution in [2.75, 3.05) is 0 Å². The molecule has 0 aliphatic heterocycles. The molecule has 1 heterocycles. The molecule has 1 aromatic carbocycles. The zero-order chi connectivity index (χ0) is 25.9. The van der Waals surface area contributed by atoms with Gasteiger partial charge in [0.25, 0.3) is 0 Å². The summed E-state index contributed by atoms with van der Waals surface area (Å²) in [6.07, 6.45) is 9.20. The predicted octanol–water partition coefficient (Wildman–Crippen LogP) is 7.17. The zero-order valence-electron chi connectivity index (χ0n) is 22.2. The number of rotatable bonds is 4. The SMILES string of the molecule is CC(=O)[C@@H]1[C@@H]([C@@H](C#N)c2nc(-c3ccccc3)cs2)C[C@@H]2[C@@H]3CC=C4C[C@@H](O)CC[C@]4(C)[C@@H]3CC[C@@]21C. The summed E-state index contributed by atoms with van der Waals surface area (Å²) in [5, 5.41) is 23.7. The summed E-state index contributed by atoms with van der Waals surface area (Å²) in [4.78, 5) is 18.3. The van der Waals surface area contributed by atoms with Gasteiger partial charge in [-0.05, 0) is 86.4 Å². The fourth-order valence-electron chi connectivity index (χ4n) is 9.34. The van der Waals surface area contributed by atoms with E-state index in [9.17, 15) is 15.2 Å². The van der Waals surface area contributed by atoms with Gasteiger partial charge in [0.2, 0.25) is 0 Å². The number of carbonyl (C=O) groups excluding carboxylic acids is 1. The van der Waals surface area contributed by atoms with E-state index in [0.717, 1.165) is 61.2 Å². The highest BCUT2D eigenvalue weighted by Gasteiger charge is 2.63. The molecule has 37 heavy (non-hydrogen) atoms. The van der Waals surface area contributed by atoms with E-state index in [1.807, 2.05) is 18.2 Å². The van der Waals surface area contributed by atoms with Crippen LogP contribution in [0.4, 0.5) is 0 Å². The number of fused-ring (bicyclic) bond motifs is 5.